The average molecular weight is 210 g/mol. The quantitative estimate of drug-likeness (QED) is 0.768. The number of nitrogens with zero attached hydrogens (tertiary/aromatic N) is 1. The lowest BCUT2D eigenvalue weighted by Gasteiger charge is -2.35. The first kappa shape index (κ1) is 11.4. The minimum atomic E-state index is 0.855. The van der Waals surface area contributed by atoms with Gasteiger partial charge in [-0.15, -0.1) is 0 Å². The fraction of sp³-hybridized carbons (Fsp3) is 1.00. The highest BCUT2D eigenvalue weighted by atomic mass is 15.1. The van der Waals surface area contributed by atoms with Crippen LogP contribution in [0.1, 0.15) is 44.9 Å². The monoisotopic (exact) mass is 210 g/mol. The molecule has 2 rings (SSSR count). The van der Waals surface area contributed by atoms with E-state index < -0.39 is 0 Å². The maximum Gasteiger partial charge on any atom is 0.0116 e. The van der Waals surface area contributed by atoms with Crippen molar-refractivity contribution < 1.29 is 0 Å². The Balaban J connectivity index is 1.72. The molecule has 88 valence electrons. The van der Waals surface area contributed by atoms with Crippen LogP contribution in [0, 0.1) is 5.92 Å². The van der Waals surface area contributed by atoms with Crippen molar-refractivity contribution in [3.05, 3.63) is 0 Å². The lowest BCUT2D eigenvalue weighted by molar-refractivity contribution is 0.155. The van der Waals surface area contributed by atoms with Crippen molar-refractivity contribution in [3.8, 4) is 0 Å². The van der Waals surface area contributed by atoms with Crippen molar-refractivity contribution in [3.63, 3.8) is 0 Å². The lowest BCUT2D eigenvalue weighted by atomic mass is 9.88. The molecule has 2 nitrogen and oxygen atoms in total. The Morgan fingerprint density at radius 3 is 2.33 bits per heavy atom. The maximum absolute atomic E-state index is 3.45. The van der Waals surface area contributed by atoms with E-state index in [1.165, 1.54) is 64.6 Å². The van der Waals surface area contributed by atoms with Gasteiger partial charge in [0.05, 0.1) is 0 Å². The molecule has 0 bridgehead atoms. The van der Waals surface area contributed by atoms with E-state index in [1.807, 2.05) is 0 Å². The number of hydrogen-bond acceptors (Lipinski definition) is 2. The van der Waals surface area contributed by atoms with Crippen LogP contribution >= 0.6 is 0 Å². The zero-order chi connectivity index (χ0) is 10.5. The van der Waals surface area contributed by atoms with Gasteiger partial charge < -0.3 is 10.2 Å². The Labute approximate surface area is 94.4 Å². The highest BCUT2D eigenvalue weighted by Crippen LogP contribution is 2.25. The summed E-state index contributed by atoms with van der Waals surface area (Å²) in [5.74, 6) is 0.999. The minimum Gasteiger partial charge on any atom is -0.317 e. The molecule has 0 amide bonds. The van der Waals surface area contributed by atoms with Gasteiger partial charge >= 0.3 is 0 Å². The predicted octanol–water partition coefficient (Wildman–Crippen LogP) is 2.25. The van der Waals surface area contributed by atoms with E-state index >= 15 is 0 Å². The number of hydrogen-bond donors (Lipinski definition) is 1. The predicted molar refractivity (Wildman–Crippen MR) is 65.1 cm³/mol. The molecule has 1 saturated heterocycles. The van der Waals surface area contributed by atoms with Crippen LogP contribution in [0.5, 0.6) is 0 Å². The zero-order valence-corrected chi connectivity index (χ0v) is 10.2. The van der Waals surface area contributed by atoms with Gasteiger partial charge in [0.2, 0.25) is 0 Å². The molecule has 0 aromatic carbocycles. The van der Waals surface area contributed by atoms with E-state index in [0.717, 1.165) is 12.0 Å². The minimum absolute atomic E-state index is 0.855. The third-order valence-corrected chi connectivity index (χ3v) is 4.20. The van der Waals surface area contributed by atoms with Gasteiger partial charge in [-0.05, 0) is 51.7 Å². The number of nitrogens with one attached hydrogen (secondary N) is 1. The molecule has 15 heavy (non-hydrogen) atoms. The van der Waals surface area contributed by atoms with E-state index in [4.69, 9.17) is 0 Å². The normalized spacial score (nSPS) is 26.0. The Bertz CT molecular complexity index is 169. The molecule has 0 aromatic rings. The molecule has 1 heterocycles. The molecule has 1 aliphatic heterocycles. The molecule has 1 saturated carbocycles. The van der Waals surface area contributed by atoms with Crippen LogP contribution in [-0.2, 0) is 0 Å². The second kappa shape index (κ2) is 5.86. The first-order chi connectivity index (χ1) is 7.36. The fourth-order valence-corrected chi connectivity index (χ4v) is 3.17. The van der Waals surface area contributed by atoms with Crippen molar-refractivity contribution in [2.24, 2.45) is 5.92 Å². The molecule has 0 radical (unpaired) electrons. The Morgan fingerprint density at radius 2 is 1.67 bits per heavy atom. The van der Waals surface area contributed by atoms with Crippen LogP contribution in [0.2, 0.25) is 0 Å². The summed E-state index contributed by atoms with van der Waals surface area (Å²) in [5, 5.41) is 3.45. The van der Waals surface area contributed by atoms with Gasteiger partial charge in [0.1, 0.15) is 0 Å². The fourth-order valence-electron chi connectivity index (χ4n) is 3.17. The van der Waals surface area contributed by atoms with E-state index in [9.17, 15) is 0 Å². The van der Waals surface area contributed by atoms with E-state index in [-0.39, 0.29) is 0 Å². The molecule has 0 aromatic heterocycles. The smallest absolute Gasteiger partial charge is 0.0116 e. The molecule has 2 heteroatoms. The molecule has 1 aliphatic carbocycles. The van der Waals surface area contributed by atoms with Gasteiger partial charge in [-0.2, -0.15) is 0 Å². The maximum atomic E-state index is 3.45. The molecule has 0 unspecified atom stereocenters. The van der Waals surface area contributed by atoms with E-state index in [0.29, 0.717) is 0 Å². The first-order valence-electron chi connectivity index (χ1n) is 6.77. The molecule has 0 atom stereocenters. The van der Waals surface area contributed by atoms with Crippen LogP contribution in [0.3, 0.4) is 0 Å². The van der Waals surface area contributed by atoms with E-state index in [1.54, 1.807) is 0 Å². The van der Waals surface area contributed by atoms with Gasteiger partial charge in [-0.1, -0.05) is 19.3 Å². The van der Waals surface area contributed by atoms with E-state index in [2.05, 4.69) is 17.3 Å². The molecule has 0 spiro atoms. The van der Waals surface area contributed by atoms with Gasteiger partial charge in [-0.3, -0.25) is 0 Å². The molecule has 2 fully saturated rings. The van der Waals surface area contributed by atoms with Crippen molar-refractivity contribution >= 4 is 0 Å². The van der Waals surface area contributed by atoms with Crippen molar-refractivity contribution in [1.29, 1.82) is 0 Å². The van der Waals surface area contributed by atoms with Crippen molar-refractivity contribution in [2.45, 2.75) is 51.0 Å². The summed E-state index contributed by atoms with van der Waals surface area (Å²) in [6.07, 6.45) is 10.1. The summed E-state index contributed by atoms with van der Waals surface area (Å²) in [5.41, 5.74) is 0. The third-order valence-electron chi connectivity index (χ3n) is 4.20. The Morgan fingerprint density at radius 1 is 1.00 bits per heavy atom. The summed E-state index contributed by atoms with van der Waals surface area (Å²) in [6, 6.07) is 0.855. The molecule has 2 aliphatic rings. The largest absolute Gasteiger partial charge is 0.317 e. The van der Waals surface area contributed by atoms with Crippen LogP contribution < -0.4 is 5.32 Å². The van der Waals surface area contributed by atoms with Crippen LogP contribution in [-0.4, -0.2) is 37.6 Å². The van der Waals surface area contributed by atoms with Gasteiger partial charge in [-0.25, -0.2) is 0 Å². The summed E-state index contributed by atoms with van der Waals surface area (Å²) in [6.45, 7) is 3.80. The lowest BCUT2D eigenvalue weighted by Crippen LogP contribution is -2.43. The first-order valence-corrected chi connectivity index (χ1v) is 6.77. The van der Waals surface area contributed by atoms with Crippen LogP contribution in [0.4, 0.5) is 0 Å². The second-order valence-corrected chi connectivity index (χ2v) is 5.42. The van der Waals surface area contributed by atoms with Crippen molar-refractivity contribution in [1.82, 2.24) is 10.2 Å². The Hall–Kier alpha value is -0.0800. The standard InChI is InChI=1S/C13H26N2/c1-15(13-7-9-14-10-8-13)11-12-5-3-2-4-6-12/h12-14H,2-11H2,1H3. The topological polar surface area (TPSA) is 15.3 Å². The molecular formula is C13H26N2. The van der Waals surface area contributed by atoms with Gasteiger partial charge in [0.15, 0.2) is 0 Å². The highest BCUT2D eigenvalue weighted by molar-refractivity contribution is 4.78. The average Bonchev–Trinajstić information content (AvgIpc) is 2.31. The zero-order valence-electron chi connectivity index (χ0n) is 10.2. The summed E-state index contributed by atoms with van der Waals surface area (Å²) < 4.78 is 0. The number of piperidine rings is 1. The summed E-state index contributed by atoms with van der Waals surface area (Å²) >= 11 is 0. The molecule has 1 N–H and O–H groups in total. The third kappa shape index (κ3) is 3.46. The molecular weight excluding hydrogens is 184 g/mol. The van der Waals surface area contributed by atoms with Crippen molar-refractivity contribution in [2.75, 3.05) is 26.7 Å². The Kier molecular flexibility index (Phi) is 4.45. The second-order valence-electron chi connectivity index (χ2n) is 5.42. The number of rotatable bonds is 3. The van der Waals surface area contributed by atoms with Gasteiger partial charge in [0.25, 0.3) is 0 Å². The van der Waals surface area contributed by atoms with Crippen LogP contribution in [0.15, 0.2) is 0 Å². The van der Waals surface area contributed by atoms with Gasteiger partial charge in [0, 0.05) is 12.6 Å². The SMILES string of the molecule is CN(CC1CCCCC1)C1CCNCC1. The summed E-state index contributed by atoms with van der Waals surface area (Å²) in [7, 11) is 2.34. The highest BCUT2D eigenvalue weighted by Gasteiger charge is 2.21. The summed E-state index contributed by atoms with van der Waals surface area (Å²) in [4.78, 5) is 2.64. The van der Waals surface area contributed by atoms with Crippen LogP contribution in [0.25, 0.3) is 0 Å².